The minimum absolute atomic E-state index is 0.286. The predicted molar refractivity (Wildman–Crippen MR) is 108 cm³/mol. The third-order valence-corrected chi connectivity index (χ3v) is 5.42. The lowest BCUT2D eigenvalue weighted by atomic mass is 10.1. The number of nitrogens with one attached hydrogen (secondary N) is 2. The summed E-state index contributed by atoms with van der Waals surface area (Å²) in [5.74, 6) is 0. The molecule has 1 aromatic carbocycles. The van der Waals surface area contributed by atoms with Crippen molar-refractivity contribution < 1.29 is 13.2 Å². The first-order valence-electron chi connectivity index (χ1n) is 9.51. The van der Waals surface area contributed by atoms with E-state index in [-0.39, 0.29) is 5.56 Å². The number of nitrogens with zero attached hydrogens (tertiary/aromatic N) is 2. The number of fused-ring (bicyclic) bond motifs is 3. The van der Waals surface area contributed by atoms with Crippen molar-refractivity contribution in [3.63, 3.8) is 0 Å². The van der Waals surface area contributed by atoms with Crippen molar-refractivity contribution in [2.24, 2.45) is 0 Å². The standard InChI is InChI=1S/C22H17F3N4O/c23-22(24,25)14-1-4-18(27-11-14)13-6-8-29(21(30)9-13)15-2-3-16-17-12-26-7-5-19(17)28-20(16)10-15/h1-4,6,8-11,26,28H,5,7,12H2. The normalized spacial score (nSPS) is 14.1. The molecule has 0 atom stereocenters. The van der Waals surface area contributed by atoms with Crippen molar-refractivity contribution in [3.05, 3.63) is 82.0 Å². The molecule has 0 fully saturated rings. The molecule has 5 nitrogen and oxygen atoms in total. The largest absolute Gasteiger partial charge is 0.417 e. The molecule has 5 rings (SSSR count). The highest BCUT2D eigenvalue weighted by Crippen LogP contribution is 2.30. The number of hydrogen-bond acceptors (Lipinski definition) is 3. The minimum atomic E-state index is -4.44. The third kappa shape index (κ3) is 3.19. The Morgan fingerprint density at radius 3 is 2.67 bits per heavy atom. The summed E-state index contributed by atoms with van der Waals surface area (Å²) in [6.45, 7) is 1.76. The molecule has 0 saturated heterocycles. The van der Waals surface area contributed by atoms with E-state index in [0.717, 1.165) is 42.7 Å². The summed E-state index contributed by atoms with van der Waals surface area (Å²) in [5, 5.41) is 4.50. The van der Waals surface area contributed by atoms with Gasteiger partial charge in [-0.05, 0) is 35.9 Å². The van der Waals surface area contributed by atoms with Crippen LogP contribution in [-0.2, 0) is 19.1 Å². The fraction of sp³-hybridized carbons (Fsp3) is 0.182. The summed E-state index contributed by atoms with van der Waals surface area (Å²) in [4.78, 5) is 20.0. The number of H-pyrrole nitrogens is 1. The number of benzene rings is 1. The number of aromatic amines is 1. The number of pyridine rings is 2. The smallest absolute Gasteiger partial charge is 0.358 e. The zero-order valence-electron chi connectivity index (χ0n) is 15.8. The van der Waals surface area contributed by atoms with Gasteiger partial charge in [0.2, 0.25) is 0 Å². The molecule has 4 heterocycles. The number of hydrogen-bond donors (Lipinski definition) is 2. The van der Waals surface area contributed by atoms with Crippen molar-refractivity contribution in [1.29, 1.82) is 0 Å². The van der Waals surface area contributed by atoms with Crippen LogP contribution < -0.4 is 10.9 Å². The molecule has 0 amide bonds. The van der Waals surface area contributed by atoms with Gasteiger partial charge in [-0.1, -0.05) is 6.07 Å². The van der Waals surface area contributed by atoms with Crippen molar-refractivity contribution in [1.82, 2.24) is 19.9 Å². The van der Waals surface area contributed by atoms with Gasteiger partial charge < -0.3 is 10.3 Å². The average molecular weight is 410 g/mol. The summed E-state index contributed by atoms with van der Waals surface area (Å²) >= 11 is 0. The topological polar surface area (TPSA) is 62.7 Å². The van der Waals surface area contributed by atoms with Gasteiger partial charge in [-0.3, -0.25) is 14.3 Å². The predicted octanol–water partition coefficient (Wildman–Crippen LogP) is 4.05. The number of halogens is 3. The van der Waals surface area contributed by atoms with E-state index < -0.39 is 11.7 Å². The van der Waals surface area contributed by atoms with Gasteiger partial charge in [0.25, 0.3) is 5.56 Å². The van der Waals surface area contributed by atoms with Crippen LogP contribution in [0.4, 0.5) is 13.2 Å². The lowest BCUT2D eigenvalue weighted by Crippen LogP contribution is -2.22. The van der Waals surface area contributed by atoms with E-state index in [9.17, 15) is 18.0 Å². The fourth-order valence-electron chi connectivity index (χ4n) is 3.88. The Morgan fingerprint density at radius 1 is 1.07 bits per heavy atom. The van der Waals surface area contributed by atoms with Crippen LogP contribution in [0.15, 0.2) is 59.7 Å². The molecule has 0 bridgehead atoms. The second-order valence-corrected chi connectivity index (χ2v) is 7.29. The molecule has 30 heavy (non-hydrogen) atoms. The van der Waals surface area contributed by atoms with E-state index in [1.165, 1.54) is 28.0 Å². The van der Waals surface area contributed by atoms with E-state index in [1.54, 1.807) is 12.3 Å². The Kier molecular flexibility index (Phi) is 4.25. The van der Waals surface area contributed by atoms with Gasteiger partial charge in [-0.2, -0.15) is 13.2 Å². The van der Waals surface area contributed by atoms with Crippen molar-refractivity contribution in [3.8, 4) is 16.9 Å². The molecule has 0 aliphatic carbocycles. The molecule has 2 N–H and O–H groups in total. The molecule has 1 aliphatic rings. The maximum absolute atomic E-state index is 12.7. The van der Waals surface area contributed by atoms with Crippen LogP contribution in [-0.4, -0.2) is 21.1 Å². The molecule has 1 aliphatic heterocycles. The van der Waals surface area contributed by atoms with Crippen LogP contribution in [0.2, 0.25) is 0 Å². The van der Waals surface area contributed by atoms with Crippen LogP contribution in [0.1, 0.15) is 16.8 Å². The van der Waals surface area contributed by atoms with Gasteiger partial charge in [-0.25, -0.2) is 0 Å². The van der Waals surface area contributed by atoms with Crippen molar-refractivity contribution in [2.75, 3.05) is 6.54 Å². The highest BCUT2D eigenvalue weighted by Gasteiger charge is 2.30. The molecule has 3 aromatic heterocycles. The summed E-state index contributed by atoms with van der Waals surface area (Å²) in [5.41, 5.74) is 3.84. The quantitative estimate of drug-likeness (QED) is 0.524. The van der Waals surface area contributed by atoms with Crippen LogP contribution >= 0.6 is 0 Å². The molecule has 0 unspecified atom stereocenters. The third-order valence-electron chi connectivity index (χ3n) is 5.42. The van der Waals surface area contributed by atoms with E-state index in [1.807, 2.05) is 18.2 Å². The maximum atomic E-state index is 12.7. The van der Waals surface area contributed by atoms with Crippen molar-refractivity contribution >= 4 is 10.9 Å². The van der Waals surface area contributed by atoms with E-state index in [2.05, 4.69) is 15.3 Å². The van der Waals surface area contributed by atoms with E-state index >= 15 is 0 Å². The maximum Gasteiger partial charge on any atom is 0.417 e. The average Bonchev–Trinajstić information content (AvgIpc) is 3.11. The van der Waals surface area contributed by atoms with Gasteiger partial charge in [-0.15, -0.1) is 0 Å². The highest BCUT2D eigenvalue weighted by molar-refractivity contribution is 5.86. The summed E-state index contributed by atoms with van der Waals surface area (Å²) in [7, 11) is 0. The van der Waals surface area contributed by atoms with Crippen LogP contribution in [0.5, 0.6) is 0 Å². The Morgan fingerprint density at radius 2 is 1.93 bits per heavy atom. The number of aromatic nitrogens is 3. The van der Waals surface area contributed by atoms with Gasteiger partial charge in [0.05, 0.1) is 16.9 Å². The lowest BCUT2D eigenvalue weighted by molar-refractivity contribution is -0.137. The second kappa shape index (κ2) is 6.84. The first-order valence-corrected chi connectivity index (χ1v) is 9.51. The Bertz CT molecular complexity index is 1300. The molecule has 0 spiro atoms. The lowest BCUT2D eigenvalue weighted by Gasteiger charge is -2.12. The first-order chi connectivity index (χ1) is 14.4. The first kappa shape index (κ1) is 18.6. The monoisotopic (exact) mass is 410 g/mol. The number of alkyl halides is 3. The minimum Gasteiger partial charge on any atom is -0.358 e. The summed E-state index contributed by atoms with van der Waals surface area (Å²) in [6.07, 6.45) is -1.12. The highest BCUT2D eigenvalue weighted by atomic mass is 19.4. The van der Waals surface area contributed by atoms with E-state index in [0.29, 0.717) is 16.9 Å². The van der Waals surface area contributed by atoms with Crippen LogP contribution in [0.25, 0.3) is 27.8 Å². The van der Waals surface area contributed by atoms with Crippen LogP contribution in [0.3, 0.4) is 0 Å². The molecule has 4 aromatic rings. The molecule has 8 heteroatoms. The van der Waals surface area contributed by atoms with Gasteiger partial charge in [0.1, 0.15) is 0 Å². The van der Waals surface area contributed by atoms with Gasteiger partial charge >= 0.3 is 6.18 Å². The Balaban J connectivity index is 1.50. The van der Waals surface area contributed by atoms with Gasteiger partial charge in [0.15, 0.2) is 0 Å². The van der Waals surface area contributed by atoms with Crippen molar-refractivity contribution in [2.45, 2.75) is 19.1 Å². The molecule has 152 valence electrons. The molecule has 0 radical (unpaired) electrons. The summed E-state index contributed by atoms with van der Waals surface area (Å²) in [6, 6.07) is 11.1. The second-order valence-electron chi connectivity index (χ2n) is 7.29. The zero-order valence-corrected chi connectivity index (χ0v) is 15.8. The molecular weight excluding hydrogens is 393 g/mol. The number of rotatable bonds is 2. The molecular formula is C22H17F3N4O. The zero-order chi connectivity index (χ0) is 20.9. The Labute approximate surface area is 169 Å². The SMILES string of the molecule is O=c1cc(-c2ccc(C(F)(F)F)cn2)ccn1-c1ccc2c3c([nH]c2c1)CCNC3. The summed E-state index contributed by atoms with van der Waals surface area (Å²) < 4.78 is 39.6. The Hall–Kier alpha value is -3.39. The fourth-order valence-corrected chi connectivity index (χ4v) is 3.88. The molecule has 0 saturated carbocycles. The van der Waals surface area contributed by atoms with Crippen LogP contribution in [0, 0.1) is 0 Å². The van der Waals surface area contributed by atoms with Gasteiger partial charge in [0, 0.05) is 60.1 Å². The van der Waals surface area contributed by atoms with E-state index in [4.69, 9.17) is 0 Å².